The maximum Gasteiger partial charge on any atom is 0.230 e. The topological polar surface area (TPSA) is 83.6 Å². The first-order valence-electron chi connectivity index (χ1n) is 6.78. The second kappa shape index (κ2) is 4.91. The molecule has 1 heterocycles. The van der Waals surface area contributed by atoms with Crippen LogP contribution in [0.5, 0.6) is 0 Å². The summed E-state index contributed by atoms with van der Waals surface area (Å²) in [4.78, 5) is 12.2. The number of amides is 1. The van der Waals surface area contributed by atoms with E-state index in [1.165, 1.54) is 0 Å². The molecule has 110 valence electrons. The van der Waals surface area contributed by atoms with E-state index in [2.05, 4.69) is 25.9 Å². The van der Waals surface area contributed by atoms with Gasteiger partial charge < -0.3 is 5.32 Å². The number of nitrogens with zero attached hydrogens (tertiary/aromatic N) is 3. The molecule has 3 rings (SSSR count). The first-order valence-corrected chi connectivity index (χ1v) is 6.78. The van der Waals surface area contributed by atoms with Gasteiger partial charge in [-0.3, -0.25) is 4.79 Å². The molecule has 1 fully saturated rings. The maximum atomic E-state index is 13.0. The molecule has 0 saturated heterocycles. The number of nitrogens with one attached hydrogen (secondary N) is 2. The minimum absolute atomic E-state index is 0.153. The summed E-state index contributed by atoms with van der Waals surface area (Å²) in [6.45, 7) is 3.71. The number of carbonyl (C=O) groups is 1. The molecule has 0 atom stereocenters. The van der Waals surface area contributed by atoms with Crippen molar-refractivity contribution < 1.29 is 9.18 Å². The normalized spacial score (nSPS) is 24.4. The lowest BCUT2D eigenvalue weighted by atomic mass is 9.68. The van der Waals surface area contributed by atoms with Gasteiger partial charge in [0.2, 0.25) is 11.7 Å². The molecule has 0 aliphatic heterocycles. The van der Waals surface area contributed by atoms with Crippen molar-refractivity contribution in [1.82, 2.24) is 20.6 Å². The summed E-state index contributed by atoms with van der Waals surface area (Å²) >= 11 is 0. The third kappa shape index (κ3) is 2.51. The molecule has 1 saturated carbocycles. The highest BCUT2D eigenvalue weighted by Gasteiger charge is 2.46. The van der Waals surface area contributed by atoms with Crippen LogP contribution in [0.2, 0.25) is 0 Å². The van der Waals surface area contributed by atoms with E-state index in [0.29, 0.717) is 11.5 Å². The Labute approximate surface area is 121 Å². The van der Waals surface area contributed by atoms with Gasteiger partial charge in [-0.1, -0.05) is 13.0 Å². The zero-order valence-electron chi connectivity index (χ0n) is 11.9. The van der Waals surface area contributed by atoms with Crippen LogP contribution >= 0.6 is 0 Å². The quantitative estimate of drug-likeness (QED) is 0.907. The van der Waals surface area contributed by atoms with Crippen LogP contribution in [-0.4, -0.2) is 32.7 Å². The average molecular weight is 289 g/mol. The van der Waals surface area contributed by atoms with E-state index in [4.69, 9.17) is 0 Å². The summed E-state index contributed by atoms with van der Waals surface area (Å²) in [6.07, 6.45) is -0.307. The van der Waals surface area contributed by atoms with Gasteiger partial charge in [0.15, 0.2) is 0 Å². The molecule has 7 heteroatoms. The van der Waals surface area contributed by atoms with Crippen LogP contribution in [-0.2, 0) is 4.79 Å². The number of H-pyrrole nitrogens is 1. The number of carbonyl (C=O) groups excluding carboxylic acids is 1. The summed E-state index contributed by atoms with van der Waals surface area (Å²) in [5.41, 5.74) is 1.81. The minimum Gasteiger partial charge on any atom is -0.326 e. The van der Waals surface area contributed by atoms with E-state index < -0.39 is 11.6 Å². The molecule has 6 nitrogen and oxygen atoms in total. The largest absolute Gasteiger partial charge is 0.326 e. The molecule has 1 aliphatic rings. The Hall–Kier alpha value is -2.31. The maximum absolute atomic E-state index is 13.0. The number of rotatable bonds is 3. The average Bonchev–Trinajstić information content (AvgIpc) is 2.93. The predicted octanol–water partition coefficient (Wildman–Crippen LogP) is 2.25. The molecule has 1 aromatic heterocycles. The molecule has 0 unspecified atom stereocenters. The van der Waals surface area contributed by atoms with E-state index in [1.807, 2.05) is 19.1 Å². The van der Waals surface area contributed by atoms with E-state index in [0.717, 1.165) is 11.1 Å². The third-order valence-electron chi connectivity index (χ3n) is 3.97. The van der Waals surface area contributed by atoms with Crippen LogP contribution in [0.1, 0.15) is 25.3 Å². The second-order valence-corrected chi connectivity index (χ2v) is 5.79. The molecule has 2 aromatic rings. The van der Waals surface area contributed by atoms with Gasteiger partial charge in [0.25, 0.3) is 0 Å². The van der Waals surface area contributed by atoms with E-state index in [9.17, 15) is 9.18 Å². The Morgan fingerprint density at radius 1 is 1.48 bits per heavy atom. The molecule has 0 bridgehead atoms. The fourth-order valence-corrected chi connectivity index (χ4v) is 2.60. The van der Waals surface area contributed by atoms with Gasteiger partial charge in [0, 0.05) is 11.3 Å². The van der Waals surface area contributed by atoms with Crippen LogP contribution in [0.15, 0.2) is 18.2 Å². The fourth-order valence-electron chi connectivity index (χ4n) is 2.60. The van der Waals surface area contributed by atoms with Gasteiger partial charge >= 0.3 is 0 Å². The molecular formula is C14H16FN5O. The second-order valence-electron chi connectivity index (χ2n) is 5.79. The number of tetrazole rings is 1. The van der Waals surface area contributed by atoms with Crippen molar-refractivity contribution in [2.45, 2.75) is 32.9 Å². The van der Waals surface area contributed by atoms with Crippen LogP contribution in [0.4, 0.5) is 10.1 Å². The van der Waals surface area contributed by atoms with Gasteiger partial charge in [-0.2, -0.15) is 5.21 Å². The van der Waals surface area contributed by atoms with Gasteiger partial charge in [-0.25, -0.2) is 4.39 Å². The van der Waals surface area contributed by atoms with Crippen molar-refractivity contribution in [2.75, 3.05) is 5.32 Å². The zero-order valence-corrected chi connectivity index (χ0v) is 11.9. The Kier molecular flexibility index (Phi) is 3.19. The van der Waals surface area contributed by atoms with E-state index in [-0.39, 0.29) is 18.7 Å². The van der Waals surface area contributed by atoms with E-state index in [1.54, 1.807) is 13.0 Å². The highest BCUT2D eigenvalue weighted by Crippen LogP contribution is 2.43. The number of aryl methyl sites for hydroxylation is 1. The summed E-state index contributed by atoms with van der Waals surface area (Å²) < 4.78 is 13.0. The Balaban J connectivity index is 1.81. The lowest BCUT2D eigenvalue weighted by molar-refractivity contribution is -0.132. The minimum atomic E-state index is -0.867. The van der Waals surface area contributed by atoms with Gasteiger partial charge in [0.05, 0.1) is 5.41 Å². The highest BCUT2D eigenvalue weighted by atomic mass is 19.1. The SMILES string of the molecule is Cc1ccc(NC(=O)C2(C)CC(F)C2)cc1-c1nn[nH]n1. The smallest absolute Gasteiger partial charge is 0.230 e. The highest BCUT2D eigenvalue weighted by molar-refractivity contribution is 5.96. The van der Waals surface area contributed by atoms with Crippen molar-refractivity contribution in [2.24, 2.45) is 5.41 Å². The Bertz CT molecular complexity index is 664. The number of halogens is 1. The molecule has 0 radical (unpaired) electrons. The molecule has 2 N–H and O–H groups in total. The van der Waals surface area contributed by atoms with Crippen LogP contribution in [0.25, 0.3) is 11.4 Å². The van der Waals surface area contributed by atoms with Gasteiger partial charge in [-0.15, -0.1) is 10.2 Å². The lowest BCUT2D eigenvalue weighted by Crippen LogP contribution is -2.45. The first kappa shape index (κ1) is 13.7. The van der Waals surface area contributed by atoms with Crippen molar-refractivity contribution in [3.8, 4) is 11.4 Å². The Morgan fingerprint density at radius 3 is 2.86 bits per heavy atom. The molecule has 1 aliphatic carbocycles. The van der Waals surface area contributed by atoms with E-state index >= 15 is 0 Å². The van der Waals surface area contributed by atoms with Gasteiger partial charge in [-0.05, 0) is 42.7 Å². The molecule has 21 heavy (non-hydrogen) atoms. The number of aromatic amines is 1. The molecule has 1 amide bonds. The third-order valence-corrected chi connectivity index (χ3v) is 3.97. The monoisotopic (exact) mass is 289 g/mol. The molecule has 0 spiro atoms. The predicted molar refractivity (Wildman–Crippen MR) is 75.2 cm³/mol. The number of alkyl halides is 1. The Morgan fingerprint density at radius 2 is 2.24 bits per heavy atom. The summed E-state index contributed by atoms with van der Waals surface area (Å²) in [6, 6.07) is 5.49. The van der Waals surface area contributed by atoms with Crippen molar-refractivity contribution in [1.29, 1.82) is 0 Å². The standard InChI is InChI=1S/C14H16FN5O/c1-8-3-4-10(5-11(8)12-17-19-20-18-12)16-13(21)14(2)6-9(15)7-14/h3-5,9H,6-7H2,1-2H3,(H,16,21)(H,17,18,19,20). The molecular weight excluding hydrogens is 273 g/mol. The van der Waals surface area contributed by atoms with Crippen LogP contribution in [0.3, 0.4) is 0 Å². The lowest BCUT2D eigenvalue weighted by Gasteiger charge is -2.39. The first-order chi connectivity index (χ1) is 9.98. The van der Waals surface area contributed by atoms with Crippen molar-refractivity contribution >= 4 is 11.6 Å². The number of anilines is 1. The number of benzene rings is 1. The summed E-state index contributed by atoms with van der Waals surface area (Å²) in [5, 5.41) is 16.7. The van der Waals surface area contributed by atoms with Crippen LogP contribution < -0.4 is 5.32 Å². The molecule has 1 aromatic carbocycles. The number of hydrogen-bond donors (Lipinski definition) is 2. The number of aromatic nitrogens is 4. The fraction of sp³-hybridized carbons (Fsp3) is 0.429. The van der Waals surface area contributed by atoms with Crippen molar-refractivity contribution in [3.63, 3.8) is 0 Å². The summed E-state index contributed by atoms with van der Waals surface area (Å²) in [5.74, 6) is 0.321. The summed E-state index contributed by atoms with van der Waals surface area (Å²) in [7, 11) is 0. The van der Waals surface area contributed by atoms with Crippen LogP contribution in [0, 0.1) is 12.3 Å². The number of hydrogen-bond acceptors (Lipinski definition) is 4. The van der Waals surface area contributed by atoms with Gasteiger partial charge in [0.1, 0.15) is 6.17 Å². The zero-order chi connectivity index (χ0) is 15.0. The van der Waals surface area contributed by atoms with Crippen molar-refractivity contribution in [3.05, 3.63) is 23.8 Å².